The van der Waals surface area contributed by atoms with E-state index in [0.29, 0.717) is 10.9 Å². The van der Waals surface area contributed by atoms with Crippen molar-refractivity contribution in [2.45, 2.75) is 69.7 Å². The Kier molecular flexibility index (Phi) is 5.94. The summed E-state index contributed by atoms with van der Waals surface area (Å²) in [7, 11) is 0. The number of aromatic nitrogens is 4. The van der Waals surface area contributed by atoms with Gasteiger partial charge in [-0.15, -0.1) is 5.10 Å². The first kappa shape index (κ1) is 20.7. The van der Waals surface area contributed by atoms with Crippen LogP contribution in [0.25, 0.3) is 5.65 Å². The van der Waals surface area contributed by atoms with Crippen molar-refractivity contribution in [1.82, 2.24) is 19.2 Å². The summed E-state index contributed by atoms with van der Waals surface area (Å²) in [5.74, 6) is -0.273. The van der Waals surface area contributed by atoms with Crippen LogP contribution in [0.4, 0.5) is 5.69 Å². The molecule has 1 fully saturated rings. The number of thioether (sulfide) groups is 1. The molecule has 30 heavy (non-hydrogen) atoms. The van der Waals surface area contributed by atoms with E-state index in [1.807, 2.05) is 32.9 Å². The van der Waals surface area contributed by atoms with Crippen LogP contribution in [0.1, 0.15) is 48.8 Å². The predicted molar refractivity (Wildman–Crippen MR) is 119 cm³/mol. The Morgan fingerprint density at radius 2 is 1.87 bits per heavy atom. The Morgan fingerprint density at radius 1 is 1.17 bits per heavy atom. The summed E-state index contributed by atoms with van der Waals surface area (Å²) in [5, 5.41) is 8.64. The van der Waals surface area contributed by atoms with E-state index in [0.717, 1.165) is 40.2 Å². The van der Waals surface area contributed by atoms with E-state index in [-0.39, 0.29) is 18.1 Å². The molecule has 158 valence electrons. The minimum Gasteiger partial charge on any atom is -0.324 e. The summed E-state index contributed by atoms with van der Waals surface area (Å²) in [6.07, 6.45) is 9.33. The normalized spacial score (nSPS) is 14.9. The molecule has 0 saturated heterocycles. The summed E-state index contributed by atoms with van der Waals surface area (Å²) < 4.78 is 2.70. The summed E-state index contributed by atoms with van der Waals surface area (Å²) in [6.45, 7) is 5.82. The van der Waals surface area contributed by atoms with Crippen molar-refractivity contribution >= 4 is 29.0 Å². The Balaban J connectivity index is 1.56. The van der Waals surface area contributed by atoms with Gasteiger partial charge >= 0.3 is 5.69 Å². The maximum Gasteiger partial charge on any atom is 0.350 e. The molecular formula is C22H27N5O2S. The first-order valence-corrected chi connectivity index (χ1v) is 11.3. The predicted octanol–water partition coefficient (Wildman–Crippen LogP) is 3.88. The van der Waals surface area contributed by atoms with Gasteiger partial charge in [0.25, 0.3) is 0 Å². The number of aryl methyl sites for hydroxylation is 3. The zero-order chi connectivity index (χ0) is 21.3. The van der Waals surface area contributed by atoms with Crippen LogP contribution in [0.15, 0.2) is 34.3 Å². The Hall–Kier alpha value is -2.61. The fourth-order valence-corrected chi connectivity index (χ4v) is 5.40. The molecule has 1 saturated carbocycles. The van der Waals surface area contributed by atoms with Crippen molar-refractivity contribution in [1.29, 1.82) is 0 Å². The number of carbonyl (C=O) groups excluding carboxylic acids is 1. The summed E-state index contributed by atoms with van der Waals surface area (Å²) in [4.78, 5) is 29.9. The van der Waals surface area contributed by atoms with Crippen LogP contribution in [-0.2, 0) is 11.3 Å². The fraction of sp³-hybridized carbons (Fsp3) is 0.455. The molecule has 2 heterocycles. The maximum atomic E-state index is 12.8. The number of anilines is 1. The SMILES string of the molecule is Cc1cc(C)c(NC(=O)Cn2nc3c(SC4CCCCC4)nccn3c2=O)c(C)c1. The molecule has 2 aromatic heterocycles. The van der Waals surface area contributed by atoms with Crippen LogP contribution in [0.2, 0.25) is 0 Å². The van der Waals surface area contributed by atoms with E-state index >= 15 is 0 Å². The highest BCUT2D eigenvalue weighted by Gasteiger charge is 2.20. The van der Waals surface area contributed by atoms with E-state index in [9.17, 15) is 9.59 Å². The summed E-state index contributed by atoms with van der Waals surface area (Å²) >= 11 is 1.70. The zero-order valence-electron chi connectivity index (χ0n) is 17.6. The van der Waals surface area contributed by atoms with Gasteiger partial charge < -0.3 is 5.32 Å². The quantitative estimate of drug-likeness (QED) is 0.671. The third-order valence-corrected chi connectivity index (χ3v) is 6.85. The van der Waals surface area contributed by atoms with Gasteiger partial charge in [0.2, 0.25) is 5.91 Å². The number of hydrogen-bond acceptors (Lipinski definition) is 5. The lowest BCUT2D eigenvalue weighted by atomic mass is 10.0. The number of fused-ring (bicyclic) bond motifs is 1. The summed E-state index contributed by atoms with van der Waals surface area (Å²) in [6, 6.07) is 4.06. The molecule has 1 aromatic carbocycles. The van der Waals surface area contributed by atoms with Gasteiger partial charge in [-0.3, -0.25) is 4.79 Å². The van der Waals surface area contributed by atoms with Gasteiger partial charge in [0.1, 0.15) is 11.6 Å². The second-order valence-corrected chi connectivity index (χ2v) is 9.36. The maximum absolute atomic E-state index is 12.8. The Bertz CT molecular complexity index is 1120. The van der Waals surface area contributed by atoms with Crippen LogP contribution in [-0.4, -0.2) is 30.3 Å². The average molecular weight is 426 g/mol. The van der Waals surface area contributed by atoms with Crippen LogP contribution < -0.4 is 11.0 Å². The molecule has 0 atom stereocenters. The topological polar surface area (TPSA) is 81.3 Å². The van der Waals surface area contributed by atoms with Gasteiger partial charge in [-0.1, -0.05) is 48.7 Å². The van der Waals surface area contributed by atoms with Crippen molar-refractivity contribution in [3.8, 4) is 0 Å². The zero-order valence-corrected chi connectivity index (χ0v) is 18.5. The molecule has 3 aromatic rings. The van der Waals surface area contributed by atoms with Crippen LogP contribution in [0.3, 0.4) is 0 Å². The number of hydrogen-bond donors (Lipinski definition) is 1. The van der Waals surface area contributed by atoms with Gasteiger partial charge in [-0.25, -0.2) is 18.9 Å². The van der Waals surface area contributed by atoms with Gasteiger partial charge in [0, 0.05) is 23.3 Å². The molecule has 1 aliphatic rings. The molecule has 0 radical (unpaired) electrons. The van der Waals surface area contributed by atoms with Gasteiger partial charge in [-0.05, 0) is 44.7 Å². The van der Waals surface area contributed by atoms with Crippen molar-refractivity contribution in [3.63, 3.8) is 0 Å². The van der Waals surface area contributed by atoms with Crippen molar-refractivity contribution < 1.29 is 4.79 Å². The molecule has 1 amide bonds. The van der Waals surface area contributed by atoms with Crippen molar-refractivity contribution in [2.75, 3.05) is 5.32 Å². The van der Waals surface area contributed by atoms with Crippen molar-refractivity contribution in [2.24, 2.45) is 0 Å². The third kappa shape index (κ3) is 4.28. The average Bonchev–Trinajstić information content (AvgIpc) is 3.02. The van der Waals surface area contributed by atoms with E-state index in [4.69, 9.17) is 0 Å². The van der Waals surface area contributed by atoms with E-state index in [2.05, 4.69) is 15.4 Å². The molecule has 0 unspecified atom stereocenters. The van der Waals surface area contributed by atoms with Gasteiger partial charge in [-0.2, -0.15) is 0 Å². The molecule has 0 bridgehead atoms. The highest BCUT2D eigenvalue weighted by atomic mass is 32.2. The number of amides is 1. The Morgan fingerprint density at radius 3 is 2.57 bits per heavy atom. The van der Waals surface area contributed by atoms with Crippen molar-refractivity contribution in [3.05, 3.63) is 51.7 Å². The third-order valence-electron chi connectivity index (χ3n) is 5.53. The first-order valence-electron chi connectivity index (χ1n) is 10.4. The molecule has 1 aliphatic carbocycles. The minimum absolute atomic E-state index is 0.138. The smallest absolute Gasteiger partial charge is 0.324 e. The lowest BCUT2D eigenvalue weighted by Crippen LogP contribution is -2.28. The number of benzene rings is 1. The molecule has 8 heteroatoms. The minimum atomic E-state index is -0.328. The standard InChI is InChI=1S/C22H27N5O2S/c1-14-11-15(2)19(16(3)12-14)24-18(28)13-27-22(29)26-10-9-23-21(20(26)25-27)30-17-7-5-4-6-8-17/h9-12,17H,4-8,13H2,1-3H3,(H,24,28). The van der Waals surface area contributed by atoms with Crippen LogP contribution >= 0.6 is 11.8 Å². The van der Waals surface area contributed by atoms with Crippen LogP contribution in [0, 0.1) is 20.8 Å². The number of nitrogens with zero attached hydrogens (tertiary/aromatic N) is 4. The lowest BCUT2D eigenvalue weighted by molar-refractivity contribution is -0.117. The molecule has 7 nitrogen and oxygen atoms in total. The largest absolute Gasteiger partial charge is 0.350 e. The number of carbonyl (C=O) groups is 1. The molecule has 0 spiro atoms. The second-order valence-electron chi connectivity index (χ2n) is 8.07. The fourth-order valence-electron chi connectivity index (χ4n) is 4.14. The van der Waals surface area contributed by atoms with E-state index in [1.165, 1.54) is 28.3 Å². The monoisotopic (exact) mass is 425 g/mol. The van der Waals surface area contributed by atoms with Crippen LogP contribution in [0.5, 0.6) is 0 Å². The summed E-state index contributed by atoms with van der Waals surface area (Å²) in [5.41, 5.74) is 4.13. The molecule has 4 rings (SSSR count). The highest BCUT2D eigenvalue weighted by Crippen LogP contribution is 2.33. The molecule has 1 N–H and O–H groups in total. The highest BCUT2D eigenvalue weighted by molar-refractivity contribution is 8.00. The second kappa shape index (κ2) is 8.63. The van der Waals surface area contributed by atoms with Gasteiger partial charge in [0.05, 0.1) is 0 Å². The number of nitrogens with one attached hydrogen (secondary N) is 1. The lowest BCUT2D eigenvalue weighted by Gasteiger charge is -2.20. The first-order chi connectivity index (χ1) is 14.4. The van der Waals surface area contributed by atoms with Gasteiger partial charge in [0.15, 0.2) is 5.65 Å². The number of rotatable bonds is 5. The van der Waals surface area contributed by atoms with E-state index < -0.39 is 0 Å². The molecule has 0 aliphatic heterocycles. The molecular weight excluding hydrogens is 398 g/mol. The van der Waals surface area contributed by atoms with E-state index in [1.54, 1.807) is 24.2 Å². The Labute approximate surface area is 179 Å².